The van der Waals surface area contributed by atoms with Crippen molar-refractivity contribution in [2.75, 3.05) is 7.11 Å². The largest absolute Gasteiger partial charge is 0.497 e. The van der Waals surface area contributed by atoms with Crippen LogP contribution < -0.4 is 4.74 Å². The van der Waals surface area contributed by atoms with Gasteiger partial charge in [-0.2, -0.15) is 0 Å². The first-order chi connectivity index (χ1) is 9.13. The fraction of sp³-hybridized carbons (Fsp3) is 0.286. The molecule has 0 spiro atoms. The molecule has 1 aromatic heterocycles. The summed E-state index contributed by atoms with van der Waals surface area (Å²) in [4.78, 5) is 8.81. The summed E-state index contributed by atoms with van der Waals surface area (Å²) in [6.45, 7) is 2.04. The van der Waals surface area contributed by atoms with Gasteiger partial charge in [-0.25, -0.2) is 9.97 Å². The molecule has 1 aromatic carbocycles. The van der Waals surface area contributed by atoms with Gasteiger partial charge < -0.3 is 4.74 Å². The number of aryl methyl sites for hydroxylation is 1. The highest BCUT2D eigenvalue weighted by Crippen LogP contribution is 2.24. The predicted octanol–water partition coefficient (Wildman–Crippen LogP) is 4.05. The van der Waals surface area contributed by atoms with Gasteiger partial charge in [0, 0.05) is 6.42 Å². The molecule has 0 aliphatic carbocycles. The third-order valence-electron chi connectivity index (χ3n) is 2.78. The lowest BCUT2D eigenvalue weighted by Gasteiger charge is -2.07. The zero-order valence-corrected chi connectivity index (χ0v) is 13.1. The highest BCUT2D eigenvalue weighted by Gasteiger charge is 2.09. The Bertz CT molecular complexity index is 572. The van der Waals surface area contributed by atoms with Gasteiger partial charge in [0.2, 0.25) is 0 Å². The van der Waals surface area contributed by atoms with Crippen LogP contribution in [0.25, 0.3) is 0 Å². The first-order valence-electron chi connectivity index (χ1n) is 5.97. The van der Waals surface area contributed by atoms with Crippen LogP contribution in [0.3, 0.4) is 0 Å². The zero-order valence-electron chi connectivity index (χ0n) is 10.8. The van der Waals surface area contributed by atoms with Crippen LogP contribution in [0.1, 0.15) is 24.0 Å². The van der Waals surface area contributed by atoms with E-state index in [1.165, 1.54) is 0 Å². The van der Waals surface area contributed by atoms with Gasteiger partial charge in [-0.15, -0.1) is 0 Å². The average molecular weight is 342 g/mol. The second kappa shape index (κ2) is 6.35. The van der Waals surface area contributed by atoms with E-state index >= 15 is 0 Å². The Hall–Kier alpha value is -1.13. The molecule has 0 radical (unpaired) electrons. The van der Waals surface area contributed by atoms with Gasteiger partial charge in [-0.05, 0) is 40.0 Å². The molecule has 3 nitrogen and oxygen atoms in total. The van der Waals surface area contributed by atoms with Gasteiger partial charge >= 0.3 is 0 Å². The van der Waals surface area contributed by atoms with Crippen molar-refractivity contribution >= 4 is 27.5 Å². The molecular formula is C14H14BrClN2O. The smallest absolute Gasteiger partial charge is 0.147 e. The lowest BCUT2D eigenvalue weighted by Crippen LogP contribution is -2.02. The fourth-order valence-corrected chi connectivity index (χ4v) is 2.41. The molecule has 2 aromatic rings. The van der Waals surface area contributed by atoms with Crippen LogP contribution in [0.5, 0.6) is 5.75 Å². The van der Waals surface area contributed by atoms with Gasteiger partial charge in [-0.1, -0.05) is 30.7 Å². The minimum atomic E-state index is 0.468. The number of rotatable bonds is 4. The molecule has 0 N–H and O–H groups in total. The number of aromatic nitrogens is 2. The summed E-state index contributed by atoms with van der Waals surface area (Å²) in [6.07, 6.45) is 1.47. The van der Waals surface area contributed by atoms with Crippen LogP contribution in [0.4, 0.5) is 0 Å². The molecule has 0 saturated heterocycles. The standard InChI is InChI=1S/C14H14BrClN2O/c1-3-11-13(15)14(16)18-12(17-11)8-9-4-6-10(19-2)7-5-9/h4-7H,3,8H2,1-2H3. The summed E-state index contributed by atoms with van der Waals surface area (Å²) in [6, 6.07) is 7.86. The van der Waals surface area contributed by atoms with Gasteiger partial charge in [0.1, 0.15) is 16.7 Å². The van der Waals surface area contributed by atoms with Crippen LogP contribution in [0.2, 0.25) is 5.15 Å². The molecule has 1 heterocycles. The van der Waals surface area contributed by atoms with Crippen molar-refractivity contribution in [3.05, 3.63) is 51.0 Å². The van der Waals surface area contributed by atoms with E-state index in [2.05, 4.69) is 25.9 Å². The van der Waals surface area contributed by atoms with E-state index in [9.17, 15) is 0 Å². The number of halogens is 2. The topological polar surface area (TPSA) is 35.0 Å². The second-order valence-corrected chi connectivity index (χ2v) is 5.22. The van der Waals surface area contributed by atoms with Crippen molar-refractivity contribution in [1.82, 2.24) is 9.97 Å². The number of nitrogens with zero attached hydrogens (tertiary/aromatic N) is 2. The quantitative estimate of drug-likeness (QED) is 0.787. The van der Waals surface area contributed by atoms with Crippen molar-refractivity contribution in [1.29, 1.82) is 0 Å². The first kappa shape index (κ1) is 14.3. The van der Waals surface area contributed by atoms with Crippen LogP contribution >= 0.6 is 27.5 Å². The molecular weight excluding hydrogens is 328 g/mol. The highest BCUT2D eigenvalue weighted by atomic mass is 79.9. The van der Waals surface area contributed by atoms with Crippen molar-refractivity contribution in [3.8, 4) is 5.75 Å². The number of ether oxygens (including phenoxy) is 1. The molecule has 0 atom stereocenters. The Kier molecular flexibility index (Phi) is 4.77. The third kappa shape index (κ3) is 3.45. The molecule has 0 aliphatic heterocycles. The maximum Gasteiger partial charge on any atom is 0.147 e. The van der Waals surface area contributed by atoms with Crippen molar-refractivity contribution in [2.24, 2.45) is 0 Å². The lowest BCUT2D eigenvalue weighted by atomic mass is 10.1. The number of hydrogen-bond donors (Lipinski definition) is 0. The van der Waals surface area contributed by atoms with Gasteiger partial charge in [0.15, 0.2) is 0 Å². The predicted molar refractivity (Wildman–Crippen MR) is 79.9 cm³/mol. The Balaban J connectivity index is 2.25. The Labute approximate surface area is 126 Å². The van der Waals surface area contributed by atoms with E-state index in [0.717, 1.165) is 33.7 Å². The second-order valence-electron chi connectivity index (χ2n) is 4.07. The van der Waals surface area contributed by atoms with Crippen LogP contribution in [0.15, 0.2) is 28.7 Å². The van der Waals surface area contributed by atoms with Crippen molar-refractivity contribution in [2.45, 2.75) is 19.8 Å². The van der Waals surface area contributed by atoms with E-state index in [0.29, 0.717) is 11.6 Å². The van der Waals surface area contributed by atoms with Crippen molar-refractivity contribution < 1.29 is 4.74 Å². The van der Waals surface area contributed by atoms with E-state index < -0.39 is 0 Å². The number of methoxy groups -OCH3 is 1. The molecule has 0 unspecified atom stereocenters. The zero-order chi connectivity index (χ0) is 13.8. The average Bonchev–Trinajstić information content (AvgIpc) is 2.43. The van der Waals surface area contributed by atoms with Crippen LogP contribution in [0, 0.1) is 0 Å². The fourth-order valence-electron chi connectivity index (χ4n) is 1.75. The van der Waals surface area contributed by atoms with Crippen LogP contribution in [-0.4, -0.2) is 17.1 Å². The molecule has 100 valence electrons. The maximum atomic E-state index is 6.09. The SMILES string of the molecule is CCc1nc(Cc2ccc(OC)cc2)nc(Cl)c1Br. The maximum absolute atomic E-state index is 6.09. The van der Waals surface area contributed by atoms with Crippen LogP contribution in [-0.2, 0) is 12.8 Å². The van der Waals surface area contributed by atoms with Gasteiger partial charge in [0.25, 0.3) is 0 Å². The Morgan fingerprint density at radius 3 is 2.47 bits per heavy atom. The molecule has 19 heavy (non-hydrogen) atoms. The minimum Gasteiger partial charge on any atom is -0.497 e. The molecule has 0 aliphatic rings. The van der Waals surface area contributed by atoms with E-state index in [-0.39, 0.29) is 0 Å². The minimum absolute atomic E-state index is 0.468. The summed E-state index contributed by atoms with van der Waals surface area (Å²) >= 11 is 9.50. The van der Waals surface area contributed by atoms with E-state index in [1.807, 2.05) is 31.2 Å². The Morgan fingerprint density at radius 1 is 1.21 bits per heavy atom. The lowest BCUT2D eigenvalue weighted by molar-refractivity contribution is 0.414. The molecule has 0 bridgehead atoms. The summed E-state index contributed by atoms with van der Waals surface area (Å²) < 4.78 is 5.92. The monoisotopic (exact) mass is 340 g/mol. The summed E-state index contributed by atoms with van der Waals surface area (Å²) in [7, 11) is 1.65. The molecule has 5 heteroatoms. The van der Waals surface area contributed by atoms with E-state index in [4.69, 9.17) is 16.3 Å². The van der Waals surface area contributed by atoms with Crippen molar-refractivity contribution in [3.63, 3.8) is 0 Å². The molecule has 0 fully saturated rings. The molecule has 2 rings (SSSR count). The normalized spacial score (nSPS) is 10.5. The summed E-state index contributed by atoms with van der Waals surface area (Å²) in [5.74, 6) is 1.57. The molecule has 0 amide bonds. The number of benzene rings is 1. The highest BCUT2D eigenvalue weighted by molar-refractivity contribution is 9.10. The van der Waals surface area contributed by atoms with Gasteiger partial charge in [0.05, 0.1) is 17.3 Å². The Morgan fingerprint density at radius 2 is 1.89 bits per heavy atom. The third-order valence-corrected chi connectivity index (χ3v) is 4.12. The number of hydrogen-bond acceptors (Lipinski definition) is 3. The van der Waals surface area contributed by atoms with E-state index in [1.54, 1.807) is 7.11 Å². The summed E-state index contributed by atoms with van der Waals surface area (Å²) in [5, 5.41) is 0.468. The van der Waals surface area contributed by atoms with Gasteiger partial charge in [-0.3, -0.25) is 0 Å². The molecule has 0 saturated carbocycles. The summed E-state index contributed by atoms with van der Waals surface area (Å²) in [5.41, 5.74) is 2.06. The first-order valence-corrected chi connectivity index (χ1v) is 7.14.